The molecule has 0 aliphatic carbocycles. The lowest BCUT2D eigenvalue weighted by atomic mass is 10.1. The van der Waals surface area contributed by atoms with E-state index in [0.717, 1.165) is 30.3 Å². The van der Waals surface area contributed by atoms with Crippen LogP contribution in [0.25, 0.3) is 0 Å². The number of carbonyl (C=O) groups is 1. The number of amides is 2. The van der Waals surface area contributed by atoms with Gasteiger partial charge in [0.1, 0.15) is 5.01 Å². The Morgan fingerprint density at radius 1 is 1.09 bits per heavy atom. The Labute approximate surface area is 133 Å². The van der Waals surface area contributed by atoms with Gasteiger partial charge in [-0.05, 0) is 38.1 Å². The van der Waals surface area contributed by atoms with Crippen LogP contribution in [-0.4, -0.2) is 34.2 Å². The molecule has 1 aliphatic heterocycles. The third kappa shape index (κ3) is 4.25. The number of carbonyl (C=O) groups excluding carboxylic acids is 1. The van der Waals surface area contributed by atoms with Gasteiger partial charge < -0.3 is 5.32 Å². The Hall–Kier alpha value is -1.99. The fourth-order valence-electron chi connectivity index (χ4n) is 2.46. The quantitative estimate of drug-likeness (QED) is 0.908. The Kier molecular flexibility index (Phi) is 4.97. The number of nitrogens with zero attached hydrogens (tertiary/aromatic N) is 3. The van der Waals surface area contributed by atoms with Crippen LogP contribution in [0.3, 0.4) is 0 Å². The summed E-state index contributed by atoms with van der Waals surface area (Å²) in [5.74, 6) is 0. The van der Waals surface area contributed by atoms with Crippen LogP contribution in [0.15, 0.2) is 30.3 Å². The monoisotopic (exact) mass is 317 g/mol. The van der Waals surface area contributed by atoms with E-state index in [1.165, 1.54) is 30.6 Å². The van der Waals surface area contributed by atoms with Crippen molar-refractivity contribution in [2.45, 2.75) is 25.8 Å². The van der Waals surface area contributed by atoms with Crippen LogP contribution in [0, 0.1) is 0 Å². The van der Waals surface area contributed by atoms with E-state index in [9.17, 15) is 4.79 Å². The van der Waals surface area contributed by atoms with Crippen molar-refractivity contribution in [3.63, 3.8) is 0 Å². The molecule has 116 valence electrons. The summed E-state index contributed by atoms with van der Waals surface area (Å²) in [7, 11) is 0. The third-order valence-corrected chi connectivity index (χ3v) is 4.35. The first-order chi connectivity index (χ1) is 10.8. The molecule has 2 N–H and O–H groups in total. The van der Waals surface area contributed by atoms with E-state index in [1.807, 2.05) is 30.3 Å². The summed E-state index contributed by atoms with van der Waals surface area (Å²) < 4.78 is 0. The normalized spacial score (nSPS) is 15.5. The molecule has 0 saturated carbocycles. The first-order valence-electron chi connectivity index (χ1n) is 7.47. The number of piperidine rings is 1. The van der Waals surface area contributed by atoms with E-state index in [2.05, 4.69) is 25.7 Å². The van der Waals surface area contributed by atoms with Gasteiger partial charge in [0, 0.05) is 5.69 Å². The SMILES string of the molecule is O=C(Nc1ccccc1)Nc1nnc(CN2CCCCC2)s1. The van der Waals surface area contributed by atoms with Gasteiger partial charge >= 0.3 is 6.03 Å². The minimum Gasteiger partial charge on any atom is -0.308 e. The highest BCUT2D eigenvalue weighted by Crippen LogP contribution is 2.19. The third-order valence-electron chi connectivity index (χ3n) is 3.53. The van der Waals surface area contributed by atoms with Crippen LogP contribution < -0.4 is 10.6 Å². The highest BCUT2D eigenvalue weighted by Gasteiger charge is 2.14. The number of rotatable bonds is 4. The zero-order valence-electron chi connectivity index (χ0n) is 12.3. The average Bonchev–Trinajstić information content (AvgIpc) is 2.96. The molecular weight excluding hydrogens is 298 g/mol. The zero-order chi connectivity index (χ0) is 15.2. The summed E-state index contributed by atoms with van der Waals surface area (Å²) >= 11 is 1.43. The van der Waals surface area contributed by atoms with Crippen LogP contribution in [0.4, 0.5) is 15.6 Å². The molecule has 1 aromatic carbocycles. The maximum Gasteiger partial charge on any atom is 0.325 e. The maximum absolute atomic E-state index is 11.9. The smallest absolute Gasteiger partial charge is 0.308 e. The molecule has 3 rings (SSSR count). The van der Waals surface area contributed by atoms with E-state index < -0.39 is 0 Å². The highest BCUT2D eigenvalue weighted by atomic mass is 32.1. The summed E-state index contributed by atoms with van der Waals surface area (Å²) in [6.07, 6.45) is 3.83. The molecule has 0 spiro atoms. The minimum atomic E-state index is -0.299. The van der Waals surface area contributed by atoms with E-state index in [1.54, 1.807) is 0 Å². The molecule has 0 bridgehead atoms. The number of hydrogen-bond donors (Lipinski definition) is 2. The lowest BCUT2D eigenvalue weighted by Crippen LogP contribution is -2.28. The molecule has 1 saturated heterocycles. The van der Waals surface area contributed by atoms with Crippen molar-refractivity contribution in [3.8, 4) is 0 Å². The molecular formula is C15H19N5OS. The number of aromatic nitrogens is 2. The molecule has 2 amide bonds. The van der Waals surface area contributed by atoms with E-state index >= 15 is 0 Å². The van der Waals surface area contributed by atoms with Gasteiger partial charge in [-0.3, -0.25) is 10.2 Å². The summed E-state index contributed by atoms with van der Waals surface area (Å²) in [6, 6.07) is 9.02. The molecule has 2 heterocycles. The van der Waals surface area contributed by atoms with Gasteiger partial charge in [-0.25, -0.2) is 4.79 Å². The Morgan fingerprint density at radius 2 is 1.86 bits per heavy atom. The summed E-state index contributed by atoms with van der Waals surface area (Å²) in [5.41, 5.74) is 0.748. The maximum atomic E-state index is 11.9. The summed E-state index contributed by atoms with van der Waals surface area (Å²) in [4.78, 5) is 14.3. The topological polar surface area (TPSA) is 70.1 Å². The van der Waals surface area contributed by atoms with Gasteiger partial charge in [-0.1, -0.05) is 36.0 Å². The second-order valence-corrected chi connectivity index (χ2v) is 6.34. The number of benzene rings is 1. The molecule has 0 radical (unpaired) electrons. The number of urea groups is 1. The fourth-order valence-corrected chi connectivity index (χ4v) is 3.24. The molecule has 2 aromatic rings. The van der Waals surface area contributed by atoms with Crippen molar-refractivity contribution in [2.75, 3.05) is 23.7 Å². The number of nitrogens with one attached hydrogen (secondary N) is 2. The summed E-state index contributed by atoms with van der Waals surface area (Å²) in [5, 5.41) is 15.1. The second kappa shape index (κ2) is 7.33. The van der Waals surface area contributed by atoms with Crippen molar-refractivity contribution < 1.29 is 4.79 Å². The molecule has 1 aliphatic rings. The number of anilines is 2. The Balaban J connectivity index is 1.51. The molecule has 0 unspecified atom stereocenters. The standard InChI is InChI=1S/C15H19N5OS/c21-14(16-12-7-3-1-4-8-12)17-15-19-18-13(22-15)11-20-9-5-2-6-10-20/h1,3-4,7-8H,2,5-6,9-11H2,(H2,16,17,19,21). The molecule has 6 nitrogen and oxygen atoms in total. The molecule has 22 heavy (non-hydrogen) atoms. The highest BCUT2D eigenvalue weighted by molar-refractivity contribution is 7.15. The van der Waals surface area contributed by atoms with Crippen molar-refractivity contribution in [1.29, 1.82) is 0 Å². The van der Waals surface area contributed by atoms with Crippen LogP contribution in [-0.2, 0) is 6.54 Å². The molecule has 0 atom stereocenters. The van der Waals surface area contributed by atoms with Gasteiger partial charge in [-0.2, -0.15) is 0 Å². The van der Waals surface area contributed by atoms with E-state index in [-0.39, 0.29) is 6.03 Å². The van der Waals surface area contributed by atoms with Crippen LogP contribution in [0.2, 0.25) is 0 Å². The lowest BCUT2D eigenvalue weighted by Gasteiger charge is -2.24. The lowest BCUT2D eigenvalue weighted by molar-refractivity contribution is 0.220. The summed E-state index contributed by atoms with van der Waals surface area (Å²) in [6.45, 7) is 3.06. The van der Waals surface area contributed by atoms with Crippen LogP contribution >= 0.6 is 11.3 Å². The Bertz CT molecular complexity index is 609. The number of hydrogen-bond acceptors (Lipinski definition) is 5. The van der Waals surface area contributed by atoms with Gasteiger partial charge in [-0.15, -0.1) is 10.2 Å². The molecule has 1 fully saturated rings. The van der Waals surface area contributed by atoms with Gasteiger partial charge in [0.15, 0.2) is 0 Å². The first-order valence-corrected chi connectivity index (χ1v) is 8.29. The number of para-hydroxylation sites is 1. The minimum absolute atomic E-state index is 0.299. The Morgan fingerprint density at radius 3 is 2.64 bits per heavy atom. The van der Waals surface area contributed by atoms with Gasteiger partial charge in [0.25, 0.3) is 0 Å². The van der Waals surface area contributed by atoms with Gasteiger partial charge in [0.05, 0.1) is 6.54 Å². The van der Waals surface area contributed by atoms with Crippen molar-refractivity contribution in [3.05, 3.63) is 35.3 Å². The van der Waals surface area contributed by atoms with Crippen LogP contribution in [0.1, 0.15) is 24.3 Å². The van der Waals surface area contributed by atoms with Crippen LogP contribution in [0.5, 0.6) is 0 Å². The first kappa shape index (κ1) is 14.9. The van der Waals surface area contributed by atoms with Crippen molar-refractivity contribution >= 4 is 28.2 Å². The van der Waals surface area contributed by atoms with E-state index in [0.29, 0.717) is 5.13 Å². The van der Waals surface area contributed by atoms with Gasteiger partial charge in [0.2, 0.25) is 5.13 Å². The predicted molar refractivity (Wildman–Crippen MR) is 88.1 cm³/mol. The molecule has 7 heteroatoms. The molecule has 1 aromatic heterocycles. The van der Waals surface area contributed by atoms with Crippen molar-refractivity contribution in [2.24, 2.45) is 0 Å². The predicted octanol–water partition coefficient (Wildman–Crippen LogP) is 3.17. The zero-order valence-corrected chi connectivity index (χ0v) is 13.1. The fraction of sp³-hybridized carbons (Fsp3) is 0.400. The number of likely N-dealkylation sites (tertiary alicyclic amines) is 1. The average molecular weight is 317 g/mol. The largest absolute Gasteiger partial charge is 0.325 e. The van der Waals surface area contributed by atoms with Crippen molar-refractivity contribution in [1.82, 2.24) is 15.1 Å². The van der Waals surface area contributed by atoms with E-state index in [4.69, 9.17) is 0 Å². The second-order valence-electron chi connectivity index (χ2n) is 5.28.